The molecule has 0 aliphatic carbocycles. The molecule has 0 spiro atoms. The van der Waals surface area contributed by atoms with E-state index in [9.17, 15) is 19.1 Å². The Morgan fingerprint density at radius 2 is 2.05 bits per heavy atom. The summed E-state index contributed by atoms with van der Waals surface area (Å²) in [4.78, 5) is 37.0. The van der Waals surface area contributed by atoms with Gasteiger partial charge in [0.1, 0.15) is 17.6 Å². The number of halogens is 2. The number of carbonyl (C=O) groups is 2. The summed E-state index contributed by atoms with van der Waals surface area (Å²) in [5, 5.41) is 16.3. The quantitative estimate of drug-likeness (QED) is 0.348. The van der Waals surface area contributed by atoms with Crippen molar-refractivity contribution in [2.75, 3.05) is 32.2 Å². The van der Waals surface area contributed by atoms with Crippen molar-refractivity contribution in [3.05, 3.63) is 70.1 Å². The number of nitrogens with one attached hydrogen (secondary N) is 2. The lowest BCUT2D eigenvalue weighted by Crippen LogP contribution is -2.46. The Hall–Kier alpha value is -3.80. The molecule has 3 heterocycles. The van der Waals surface area contributed by atoms with Crippen LogP contribution in [0.25, 0.3) is 11.3 Å². The highest BCUT2D eigenvalue weighted by Crippen LogP contribution is 2.33. The molecule has 0 bridgehead atoms. The number of nitrogens with zero attached hydrogens (tertiary/aromatic N) is 3. The highest BCUT2D eigenvalue weighted by Gasteiger charge is 2.35. The van der Waals surface area contributed by atoms with Crippen LogP contribution in [0, 0.1) is 5.82 Å². The molecule has 2 atom stereocenters. The van der Waals surface area contributed by atoms with Gasteiger partial charge in [-0.3, -0.25) is 9.59 Å². The van der Waals surface area contributed by atoms with Gasteiger partial charge in [-0.2, -0.15) is 0 Å². The van der Waals surface area contributed by atoms with Gasteiger partial charge in [0.15, 0.2) is 0 Å². The number of amides is 2. The first kappa shape index (κ1) is 28.7. The molecule has 2 aliphatic heterocycles. The van der Waals surface area contributed by atoms with Gasteiger partial charge in [-0.25, -0.2) is 14.4 Å². The maximum Gasteiger partial charge on any atom is 0.255 e. The molecule has 216 valence electrons. The second-order valence-corrected chi connectivity index (χ2v) is 10.4. The Morgan fingerprint density at radius 3 is 2.78 bits per heavy atom. The predicted octanol–water partition coefficient (Wildman–Crippen LogP) is 3.73. The third kappa shape index (κ3) is 6.12. The summed E-state index contributed by atoms with van der Waals surface area (Å²) in [5.74, 6) is -0.579. The fourth-order valence-electron chi connectivity index (χ4n) is 5.08. The molecule has 0 saturated carbocycles. The molecule has 12 heteroatoms. The summed E-state index contributed by atoms with van der Waals surface area (Å²) < 4.78 is 24.6. The van der Waals surface area contributed by atoms with E-state index < -0.39 is 30.4 Å². The van der Waals surface area contributed by atoms with Crippen LogP contribution in [0.1, 0.15) is 47.3 Å². The number of benzene rings is 2. The van der Waals surface area contributed by atoms with Gasteiger partial charge < -0.3 is 30.1 Å². The van der Waals surface area contributed by atoms with Crippen LogP contribution in [0.15, 0.2) is 42.6 Å². The van der Waals surface area contributed by atoms with Crippen molar-refractivity contribution in [2.45, 2.75) is 44.4 Å². The lowest BCUT2D eigenvalue weighted by Gasteiger charge is -2.26. The van der Waals surface area contributed by atoms with Gasteiger partial charge in [-0.05, 0) is 49.6 Å². The van der Waals surface area contributed by atoms with Crippen molar-refractivity contribution in [2.24, 2.45) is 0 Å². The molecular formula is C29H31ClFN5O5. The first-order valence-corrected chi connectivity index (χ1v) is 13.7. The molecule has 10 nitrogen and oxygen atoms in total. The fraction of sp³-hybridized carbons (Fsp3) is 0.379. The highest BCUT2D eigenvalue weighted by atomic mass is 35.5. The topological polar surface area (TPSA) is 126 Å². The second kappa shape index (κ2) is 12.4. The Balaban J connectivity index is 1.32. The minimum Gasteiger partial charge on any atom is -0.496 e. The fourth-order valence-corrected chi connectivity index (χ4v) is 5.28. The number of rotatable bonds is 9. The van der Waals surface area contributed by atoms with Crippen LogP contribution in [0.4, 0.5) is 10.3 Å². The monoisotopic (exact) mass is 583 g/mol. The molecule has 1 aromatic heterocycles. The normalized spacial score (nSPS) is 16.7. The Labute approximate surface area is 241 Å². The van der Waals surface area contributed by atoms with E-state index in [0.717, 1.165) is 18.4 Å². The van der Waals surface area contributed by atoms with Gasteiger partial charge in [0.05, 0.1) is 36.7 Å². The maximum absolute atomic E-state index is 13.9. The summed E-state index contributed by atoms with van der Waals surface area (Å²) >= 11 is 6.45. The van der Waals surface area contributed by atoms with Gasteiger partial charge in [0, 0.05) is 42.5 Å². The van der Waals surface area contributed by atoms with Crippen molar-refractivity contribution >= 4 is 29.4 Å². The Kier molecular flexibility index (Phi) is 8.67. The standard InChI is InChI=1S/C29H31ClFN5O5/c1-16(27(38)34-24(15-37)22-12-19(31)5-6-25(22)40-2)36-14-18-4-3-17(11-21(18)28(36)39)26-23(30)13-32-29(35-26)33-20-7-9-41-10-8-20/h3-6,11-13,16,20,24,37H,7-10,14-15H2,1-2H3,(H,34,38)(H,32,33,35)/t16-,24-/m1/s1. The molecule has 41 heavy (non-hydrogen) atoms. The summed E-state index contributed by atoms with van der Waals surface area (Å²) in [6.07, 6.45) is 3.24. The number of hydrogen-bond donors (Lipinski definition) is 3. The molecule has 0 unspecified atom stereocenters. The summed E-state index contributed by atoms with van der Waals surface area (Å²) in [6, 6.07) is 7.65. The predicted molar refractivity (Wildman–Crippen MR) is 150 cm³/mol. The lowest BCUT2D eigenvalue weighted by atomic mass is 10.0. The van der Waals surface area contributed by atoms with E-state index >= 15 is 0 Å². The molecule has 2 amide bonds. The third-order valence-corrected chi connectivity index (χ3v) is 7.70. The van der Waals surface area contributed by atoms with Crippen LogP contribution in [0.5, 0.6) is 5.75 Å². The van der Waals surface area contributed by atoms with E-state index in [-0.39, 0.29) is 18.5 Å². The first-order valence-electron chi connectivity index (χ1n) is 13.3. The number of anilines is 1. The molecule has 1 fully saturated rings. The van der Waals surface area contributed by atoms with Crippen LogP contribution in [0.2, 0.25) is 5.02 Å². The van der Waals surface area contributed by atoms with E-state index in [1.54, 1.807) is 13.0 Å². The Bertz CT molecular complexity index is 1450. The van der Waals surface area contributed by atoms with Crippen molar-refractivity contribution in [3.8, 4) is 17.0 Å². The first-order chi connectivity index (χ1) is 19.8. The van der Waals surface area contributed by atoms with Gasteiger partial charge in [0.2, 0.25) is 11.9 Å². The zero-order chi connectivity index (χ0) is 29.1. The number of aliphatic hydroxyl groups excluding tert-OH is 1. The third-order valence-electron chi connectivity index (χ3n) is 7.43. The number of ether oxygens (including phenoxy) is 2. The average molecular weight is 584 g/mol. The summed E-state index contributed by atoms with van der Waals surface area (Å²) in [7, 11) is 1.42. The van der Waals surface area contributed by atoms with Crippen LogP contribution in [-0.2, 0) is 16.1 Å². The highest BCUT2D eigenvalue weighted by molar-refractivity contribution is 6.33. The van der Waals surface area contributed by atoms with E-state index in [1.807, 2.05) is 12.1 Å². The number of aromatic nitrogens is 2. The number of carbonyl (C=O) groups excluding carboxylic acids is 2. The molecule has 5 rings (SSSR count). The van der Waals surface area contributed by atoms with Crippen molar-refractivity contribution in [3.63, 3.8) is 0 Å². The van der Waals surface area contributed by atoms with Crippen molar-refractivity contribution < 1.29 is 28.6 Å². The molecule has 3 aromatic rings. The van der Waals surface area contributed by atoms with E-state index in [1.165, 1.54) is 36.4 Å². The second-order valence-electron chi connectivity index (χ2n) is 10.0. The number of methoxy groups -OCH3 is 1. The number of fused-ring (bicyclic) bond motifs is 1. The van der Waals surface area contributed by atoms with E-state index in [2.05, 4.69) is 20.6 Å². The number of hydrogen-bond acceptors (Lipinski definition) is 8. The zero-order valence-corrected chi connectivity index (χ0v) is 23.4. The van der Waals surface area contributed by atoms with Crippen LogP contribution < -0.4 is 15.4 Å². The lowest BCUT2D eigenvalue weighted by molar-refractivity contribution is -0.126. The SMILES string of the molecule is COc1ccc(F)cc1[C@@H](CO)NC(=O)[C@@H](C)N1Cc2ccc(-c3nc(NC4CCOCC4)ncc3Cl)cc2C1=O. The minimum atomic E-state index is -0.925. The average Bonchev–Trinajstić information content (AvgIpc) is 3.32. The molecule has 2 aromatic carbocycles. The maximum atomic E-state index is 13.9. The Morgan fingerprint density at radius 1 is 1.27 bits per heavy atom. The van der Waals surface area contributed by atoms with Crippen LogP contribution in [0.3, 0.4) is 0 Å². The van der Waals surface area contributed by atoms with Gasteiger partial charge >= 0.3 is 0 Å². The zero-order valence-electron chi connectivity index (χ0n) is 22.7. The smallest absolute Gasteiger partial charge is 0.255 e. The van der Waals surface area contributed by atoms with Gasteiger partial charge in [-0.1, -0.05) is 23.7 Å². The minimum absolute atomic E-state index is 0.202. The van der Waals surface area contributed by atoms with E-state index in [0.29, 0.717) is 52.3 Å². The summed E-state index contributed by atoms with van der Waals surface area (Å²) in [6.45, 7) is 2.70. The molecule has 1 saturated heterocycles. The molecule has 2 aliphatic rings. The van der Waals surface area contributed by atoms with E-state index in [4.69, 9.17) is 21.1 Å². The molecule has 3 N–H and O–H groups in total. The number of aliphatic hydroxyl groups is 1. The van der Waals surface area contributed by atoms with Gasteiger partial charge in [0.25, 0.3) is 5.91 Å². The molecule has 0 radical (unpaired) electrons. The largest absolute Gasteiger partial charge is 0.496 e. The van der Waals surface area contributed by atoms with Crippen molar-refractivity contribution in [1.82, 2.24) is 20.2 Å². The van der Waals surface area contributed by atoms with Crippen molar-refractivity contribution in [1.29, 1.82) is 0 Å². The van der Waals surface area contributed by atoms with Crippen LogP contribution >= 0.6 is 11.6 Å². The molecular weight excluding hydrogens is 553 g/mol. The summed E-state index contributed by atoms with van der Waals surface area (Å²) in [5.41, 5.74) is 2.64. The van der Waals surface area contributed by atoms with Gasteiger partial charge in [-0.15, -0.1) is 0 Å². The van der Waals surface area contributed by atoms with Crippen LogP contribution in [-0.4, -0.2) is 70.8 Å².